The van der Waals surface area contributed by atoms with Gasteiger partial charge in [-0.3, -0.25) is 9.59 Å². The number of benzene rings is 2. The Morgan fingerprint density at radius 1 is 1.08 bits per heavy atom. The van der Waals surface area contributed by atoms with E-state index in [0.717, 1.165) is 10.0 Å². The first-order valence-corrected chi connectivity index (χ1v) is 8.46. The van der Waals surface area contributed by atoms with Gasteiger partial charge in [0.2, 0.25) is 0 Å². The summed E-state index contributed by atoms with van der Waals surface area (Å²) in [6.45, 7) is 1.99. The third kappa shape index (κ3) is 5.52. The molecule has 2 rings (SSSR count). The Hall–Kier alpha value is -3.00. The van der Waals surface area contributed by atoms with Crippen LogP contribution in [0.15, 0.2) is 58.1 Å². The highest BCUT2D eigenvalue weighted by molar-refractivity contribution is 9.10. The molecule has 2 N–H and O–H groups in total. The first-order chi connectivity index (χ1) is 12.5. The quantitative estimate of drug-likeness (QED) is 0.338. The first kappa shape index (κ1) is 19.3. The minimum Gasteiger partial charge on any atom is -0.462 e. The zero-order valence-electron chi connectivity index (χ0n) is 13.9. The van der Waals surface area contributed by atoms with Crippen LogP contribution in [0.3, 0.4) is 0 Å². The van der Waals surface area contributed by atoms with Gasteiger partial charge in [0.15, 0.2) is 0 Å². The van der Waals surface area contributed by atoms with E-state index in [2.05, 4.69) is 31.8 Å². The Bertz CT molecular complexity index is 835. The highest BCUT2D eigenvalue weighted by Crippen LogP contribution is 2.13. The molecule has 26 heavy (non-hydrogen) atoms. The maximum atomic E-state index is 11.8. The van der Waals surface area contributed by atoms with Gasteiger partial charge in [0.05, 0.1) is 18.4 Å². The third-order valence-electron chi connectivity index (χ3n) is 3.14. The van der Waals surface area contributed by atoms with Crippen LogP contribution >= 0.6 is 15.9 Å². The normalized spacial score (nSPS) is 10.4. The number of anilines is 1. The molecule has 0 fully saturated rings. The van der Waals surface area contributed by atoms with Crippen molar-refractivity contribution >= 4 is 45.6 Å². The number of esters is 1. The van der Waals surface area contributed by atoms with Gasteiger partial charge in [-0.25, -0.2) is 10.2 Å². The molecule has 0 saturated heterocycles. The number of nitrogens with one attached hydrogen (secondary N) is 2. The van der Waals surface area contributed by atoms with Gasteiger partial charge in [-0.2, -0.15) is 5.10 Å². The SMILES string of the molecule is CCOC(=O)c1ccc(NC(=O)C(=O)N/N=C/c2ccccc2Br)cc1. The second-order valence-electron chi connectivity index (χ2n) is 4.97. The van der Waals surface area contributed by atoms with Crippen molar-refractivity contribution in [1.82, 2.24) is 5.43 Å². The van der Waals surface area contributed by atoms with Crippen LogP contribution in [0.1, 0.15) is 22.8 Å². The molecule has 7 nitrogen and oxygen atoms in total. The molecule has 0 spiro atoms. The minimum atomic E-state index is -0.914. The molecule has 2 aromatic rings. The lowest BCUT2D eigenvalue weighted by molar-refractivity contribution is -0.136. The van der Waals surface area contributed by atoms with E-state index in [1.54, 1.807) is 13.0 Å². The van der Waals surface area contributed by atoms with E-state index in [0.29, 0.717) is 11.3 Å². The van der Waals surface area contributed by atoms with Gasteiger partial charge in [0.25, 0.3) is 0 Å². The topological polar surface area (TPSA) is 96.9 Å². The summed E-state index contributed by atoms with van der Waals surface area (Å²) in [6.07, 6.45) is 1.42. The van der Waals surface area contributed by atoms with E-state index in [1.807, 2.05) is 18.2 Å². The van der Waals surface area contributed by atoms with E-state index in [9.17, 15) is 14.4 Å². The van der Waals surface area contributed by atoms with Gasteiger partial charge in [-0.1, -0.05) is 34.1 Å². The van der Waals surface area contributed by atoms with Gasteiger partial charge in [-0.15, -0.1) is 0 Å². The summed E-state index contributed by atoms with van der Waals surface area (Å²) in [4.78, 5) is 35.2. The Balaban J connectivity index is 1.89. The van der Waals surface area contributed by atoms with Gasteiger partial charge in [0, 0.05) is 15.7 Å². The van der Waals surface area contributed by atoms with E-state index >= 15 is 0 Å². The summed E-state index contributed by atoms with van der Waals surface area (Å²) in [7, 11) is 0. The summed E-state index contributed by atoms with van der Waals surface area (Å²) in [5.74, 6) is -2.24. The molecule has 0 radical (unpaired) electrons. The zero-order chi connectivity index (χ0) is 18.9. The number of nitrogens with zero attached hydrogens (tertiary/aromatic N) is 1. The Kier molecular flexibility index (Phi) is 7.04. The molecule has 8 heteroatoms. The highest BCUT2D eigenvalue weighted by atomic mass is 79.9. The number of hydrogen-bond donors (Lipinski definition) is 2. The second kappa shape index (κ2) is 9.47. The van der Waals surface area contributed by atoms with Gasteiger partial charge in [-0.05, 0) is 37.3 Å². The van der Waals surface area contributed by atoms with Crippen LogP contribution in [-0.4, -0.2) is 30.6 Å². The van der Waals surface area contributed by atoms with Crippen molar-refractivity contribution in [3.8, 4) is 0 Å². The molecule has 2 amide bonds. The fourth-order valence-corrected chi connectivity index (χ4v) is 2.27. The van der Waals surface area contributed by atoms with Crippen molar-refractivity contribution in [1.29, 1.82) is 0 Å². The van der Waals surface area contributed by atoms with Crippen molar-refractivity contribution < 1.29 is 19.1 Å². The maximum absolute atomic E-state index is 11.8. The molecule has 0 unspecified atom stereocenters. The molecule has 0 aliphatic carbocycles. The van der Waals surface area contributed by atoms with Gasteiger partial charge in [0.1, 0.15) is 0 Å². The molecule has 0 heterocycles. The lowest BCUT2D eigenvalue weighted by Crippen LogP contribution is -2.32. The fourth-order valence-electron chi connectivity index (χ4n) is 1.88. The van der Waals surface area contributed by atoms with Crippen LogP contribution in [0.4, 0.5) is 5.69 Å². The Morgan fingerprint density at radius 3 is 2.42 bits per heavy atom. The van der Waals surface area contributed by atoms with Crippen molar-refractivity contribution in [2.24, 2.45) is 5.10 Å². The van der Waals surface area contributed by atoms with Crippen LogP contribution in [-0.2, 0) is 14.3 Å². The Labute approximate surface area is 158 Å². The van der Waals surface area contributed by atoms with Crippen molar-refractivity contribution in [3.63, 3.8) is 0 Å². The largest absolute Gasteiger partial charge is 0.462 e. The van der Waals surface area contributed by atoms with Crippen molar-refractivity contribution in [2.45, 2.75) is 6.92 Å². The lowest BCUT2D eigenvalue weighted by Gasteiger charge is -2.05. The number of rotatable bonds is 5. The number of halogens is 1. The zero-order valence-corrected chi connectivity index (χ0v) is 15.4. The highest BCUT2D eigenvalue weighted by Gasteiger charge is 2.13. The molecule has 134 valence electrons. The maximum Gasteiger partial charge on any atom is 0.338 e. The molecule has 0 aromatic heterocycles. The number of ether oxygens (including phenoxy) is 1. The Morgan fingerprint density at radius 2 is 1.77 bits per heavy atom. The van der Waals surface area contributed by atoms with Gasteiger partial charge < -0.3 is 10.1 Å². The predicted octanol–water partition coefficient (Wildman–Crippen LogP) is 2.71. The molecule has 0 saturated carbocycles. The molecule has 0 bridgehead atoms. The second-order valence-corrected chi connectivity index (χ2v) is 5.83. The van der Waals surface area contributed by atoms with E-state index in [1.165, 1.54) is 30.5 Å². The average molecular weight is 418 g/mol. The molecular weight excluding hydrogens is 402 g/mol. The van der Waals surface area contributed by atoms with Crippen LogP contribution in [0.2, 0.25) is 0 Å². The van der Waals surface area contributed by atoms with E-state index < -0.39 is 17.8 Å². The molecule has 0 aliphatic rings. The predicted molar refractivity (Wildman–Crippen MR) is 101 cm³/mol. The summed E-state index contributed by atoms with van der Waals surface area (Å²) < 4.78 is 5.68. The number of carbonyl (C=O) groups excluding carboxylic acids is 3. The molecule has 0 aliphatic heterocycles. The molecule has 0 atom stereocenters. The van der Waals surface area contributed by atoms with Crippen LogP contribution in [0.5, 0.6) is 0 Å². The van der Waals surface area contributed by atoms with Gasteiger partial charge >= 0.3 is 17.8 Å². The summed E-state index contributed by atoms with van der Waals surface area (Å²) in [5.41, 5.74) is 3.62. The summed E-state index contributed by atoms with van der Waals surface area (Å²) in [5, 5.41) is 6.16. The van der Waals surface area contributed by atoms with Crippen LogP contribution in [0, 0.1) is 0 Å². The van der Waals surface area contributed by atoms with Crippen molar-refractivity contribution in [3.05, 3.63) is 64.1 Å². The lowest BCUT2D eigenvalue weighted by atomic mass is 10.2. The third-order valence-corrected chi connectivity index (χ3v) is 3.86. The van der Waals surface area contributed by atoms with E-state index in [4.69, 9.17) is 4.74 Å². The number of amides is 2. The molecular formula is C18H16BrN3O4. The summed E-state index contributed by atoms with van der Waals surface area (Å²) in [6, 6.07) is 13.3. The number of hydrazone groups is 1. The average Bonchev–Trinajstić information content (AvgIpc) is 2.64. The first-order valence-electron chi connectivity index (χ1n) is 7.67. The smallest absolute Gasteiger partial charge is 0.338 e. The minimum absolute atomic E-state index is 0.275. The van der Waals surface area contributed by atoms with Crippen molar-refractivity contribution in [2.75, 3.05) is 11.9 Å². The van der Waals surface area contributed by atoms with Crippen LogP contribution in [0.25, 0.3) is 0 Å². The molecule has 2 aromatic carbocycles. The monoisotopic (exact) mass is 417 g/mol. The van der Waals surface area contributed by atoms with Crippen LogP contribution < -0.4 is 10.7 Å². The fraction of sp³-hybridized carbons (Fsp3) is 0.111. The summed E-state index contributed by atoms with van der Waals surface area (Å²) >= 11 is 3.35. The number of hydrogen-bond acceptors (Lipinski definition) is 5. The number of carbonyl (C=O) groups is 3. The standard InChI is InChI=1S/C18H16BrN3O4/c1-2-26-18(25)12-7-9-14(10-8-12)21-16(23)17(24)22-20-11-13-5-3-4-6-15(13)19/h3-11H,2H2,1H3,(H,21,23)(H,22,24)/b20-11+. The van der Waals surface area contributed by atoms with E-state index in [-0.39, 0.29) is 6.61 Å².